The van der Waals surface area contributed by atoms with Crippen LogP contribution in [-0.2, 0) is 0 Å². The van der Waals surface area contributed by atoms with Crippen molar-refractivity contribution in [3.05, 3.63) is 78.5 Å². The molecule has 28 heavy (non-hydrogen) atoms. The predicted molar refractivity (Wildman–Crippen MR) is 100.0 cm³/mol. The van der Waals surface area contributed by atoms with E-state index in [0.717, 1.165) is 0 Å². The average molecular weight is 378 g/mol. The summed E-state index contributed by atoms with van der Waals surface area (Å²) in [4.78, 5) is 16.4. The molecule has 1 amide bonds. The summed E-state index contributed by atoms with van der Waals surface area (Å²) in [6.45, 7) is 0. The first-order valence-corrected chi connectivity index (χ1v) is 8.36. The number of benzene rings is 2. The van der Waals surface area contributed by atoms with Crippen LogP contribution in [0, 0.1) is 5.82 Å². The second kappa shape index (κ2) is 7.36. The van der Waals surface area contributed by atoms with Gasteiger partial charge in [-0.3, -0.25) is 4.79 Å². The van der Waals surface area contributed by atoms with E-state index in [1.165, 1.54) is 25.5 Å². The number of carbonyl (C=O) groups excluding carboxylic acids is 1. The Balaban J connectivity index is 1.63. The van der Waals surface area contributed by atoms with Crippen LogP contribution in [0.4, 0.5) is 10.1 Å². The number of methoxy groups -OCH3 is 1. The van der Waals surface area contributed by atoms with Gasteiger partial charge in [0.25, 0.3) is 5.91 Å². The number of furan rings is 1. The van der Waals surface area contributed by atoms with Gasteiger partial charge in [-0.25, -0.2) is 9.07 Å². The Hall–Kier alpha value is -3.94. The molecule has 0 radical (unpaired) electrons. The molecule has 0 bridgehead atoms. The maximum absolute atomic E-state index is 13.2. The summed E-state index contributed by atoms with van der Waals surface area (Å²) in [6.07, 6.45) is 1.44. The van der Waals surface area contributed by atoms with Crippen LogP contribution in [0.15, 0.2) is 71.3 Å². The van der Waals surface area contributed by atoms with Gasteiger partial charge >= 0.3 is 6.01 Å². The van der Waals surface area contributed by atoms with Gasteiger partial charge in [0, 0.05) is 11.3 Å². The van der Waals surface area contributed by atoms with E-state index in [-0.39, 0.29) is 23.5 Å². The SMILES string of the molecule is COc1nc(-c2ccc(F)cc2)n(-c2ccc(NC(=O)c3ccco3)cc2)n1. The Kier molecular flexibility index (Phi) is 4.59. The zero-order valence-electron chi connectivity index (χ0n) is 14.8. The molecule has 0 spiro atoms. The van der Waals surface area contributed by atoms with Gasteiger partial charge in [0.1, 0.15) is 5.82 Å². The first kappa shape index (κ1) is 17.5. The monoisotopic (exact) mass is 378 g/mol. The molecule has 0 aliphatic carbocycles. The molecule has 0 saturated heterocycles. The highest BCUT2D eigenvalue weighted by atomic mass is 19.1. The lowest BCUT2D eigenvalue weighted by Gasteiger charge is -2.08. The highest BCUT2D eigenvalue weighted by molar-refractivity contribution is 6.02. The minimum absolute atomic E-state index is 0.189. The summed E-state index contributed by atoms with van der Waals surface area (Å²) in [5.41, 5.74) is 1.99. The summed E-state index contributed by atoms with van der Waals surface area (Å²) in [5.74, 6) is 0.0542. The highest BCUT2D eigenvalue weighted by Crippen LogP contribution is 2.24. The second-order valence-electron chi connectivity index (χ2n) is 5.82. The van der Waals surface area contributed by atoms with E-state index in [2.05, 4.69) is 15.4 Å². The first-order valence-electron chi connectivity index (χ1n) is 8.36. The van der Waals surface area contributed by atoms with Gasteiger partial charge in [0.2, 0.25) is 0 Å². The minimum atomic E-state index is -0.341. The normalized spacial score (nSPS) is 10.6. The molecule has 0 aliphatic heterocycles. The third-order valence-corrected chi connectivity index (χ3v) is 3.99. The van der Waals surface area contributed by atoms with E-state index in [1.54, 1.807) is 53.2 Å². The van der Waals surface area contributed by atoms with Crippen molar-refractivity contribution in [1.29, 1.82) is 0 Å². The molecule has 8 heteroatoms. The van der Waals surface area contributed by atoms with E-state index in [1.807, 2.05) is 0 Å². The summed E-state index contributed by atoms with van der Waals surface area (Å²) < 4.78 is 25.0. The van der Waals surface area contributed by atoms with E-state index in [9.17, 15) is 9.18 Å². The number of rotatable bonds is 5. The Labute approximate surface area is 159 Å². The summed E-state index contributed by atoms with van der Waals surface area (Å²) >= 11 is 0. The van der Waals surface area contributed by atoms with Crippen molar-refractivity contribution < 1.29 is 18.3 Å². The van der Waals surface area contributed by atoms with Crippen LogP contribution in [0.25, 0.3) is 17.1 Å². The smallest absolute Gasteiger partial charge is 0.336 e. The van der Waals surface area contributed by atoms with Crippen molar-refractivity contribution in [1.82, 2.24) is 14.8 Å². The molecule has 0 saturated carbocycles. The molecular weight excluding hydrogens is 363 g/mol. The topological polar surface area (TPSA) is 82.2 Å². The maximum Gasteiger partial charge on any atom is 0.336 e. The molecule has 2 aromatic heterocycles. The van der Waals surface area contributed by atoms with E-state index in [0.29, 0.717) is 22.8 Å². The van der Waals surface area contributed by atoms with Crippen LogP contribution in [0.3, 0.4) is 0 Å². The molecule has 2 aromatic carbocycles. The van der Waals surface area contributed by atoms with Crippen molar-refractivity contribution in [2.75, 3.05) is 12.4 Å². The van der Waals surface area contributed by atoms with E-state index >= 15 is 0 Å². The molecule has 140 valence electrons. The summed E-state index contributed by atoms with van der Waals surface area (Å²) in [7, 11) is 1.47. The van der Waals surface area contributed by atoms with Crippen LogP contribution >= 0.6 is 0 Å². The molecule has 0 unspecified atom stereocenters. The van der Waals surface area contributed by atoms with Crippen LogP contribution in [0.2, 0.25) is 0 Å². The number of amides is 1. The Morgan fingerprint density at radius 1 is 1.11 bits per heavy atom. The van der Waals surface area contributed by atoms with Crippen molar-refractivity contribution >= 4 is 11.6 Å². The average Bonchev–Trinajstić information content (AvgIpc) is 3.39. The van der Waals surface area contributed by atoms with Crippen LogP contribution in [0.1, 0.15) is 10.6 Å². The van der Waals surface area contributed by atoms with Crippen LogP contribution < -0.4 is 10.1 Å². The number of halogens is 1. The van der Waals surface area contributed by atoms with Gasteiger partial charge in [0.05, 0.1) is 19.1 Å². The molecule has 1 N–H and O–H groups in total. The Bertz CT molecular complexity index is 1090. The minimum Gasteiger partial charge on any atom is -0.466 e. The van der Waals surface area contributed by atoms with Crippen molar-refractivity contribution in [2.45, 2.75) is 0 Å². The Morgan fingerprint density at radius 2 is 1.86 bits per heavy atom. The van der Waals surface area contributed by atoms with Gasteiger partial charge in [-0.2, -0.15) is 4.98 Å². The molecule has 0 fully saturated rings. The summed E-state index contributed by atoms with van der Waals surface area (Å²) in [6, 6.07) is 16.4. The number of hydrogen-bond acceptors (Lipinski definition) is 5. The molecule has 7 nitrogen and oxygen atoms in total. The fourth-order valence-corrected chi connectivity index (χ4v) is 2.63. The molecular formula is C20H15FN4O3. The number of nitrogens with zero attached hydrogens (tertiary/aromatic N) is 3. The summed E-state index contributed by atoms with van der Waals surface area (Å²) in [5, 5.41) is 7.06. The van der Waals surface area contributed by atoms with Gasteiger partial charge < -0.3 is 14.5 Å². The number of nitrogens with one attached hydrogen (secondary N) is 1. The lowest BCUT2D eigenvalue weighted by Crippen LogP contribution is -2.10. The first-order chi connectivity index (χ1) is 13.6. The molecule has 4 aromatic rings. The largest absolute Gasteiger partial charge is 0.466 e. The second-order valence-corrected chi connectivity index (χ2v) is 5.82. The van der Waals surface area contributed by atoms with Crippen molar-refractivity contribution in [2.24, 2.45) is 0 Å². The zero-order chi connectivity index (χ0) is 19.5. The van der Waals surface area contributed by atoms with Crippen molar-refractivity contribution in [3.8, 4) is 23.1 Å². The lowest BCUT2D eigenvalue weighted by molar-refractivity contribution is 0.0996. The molecule has 4 rings (SSSR count). The number of hydrogen-bond donors (Lipinski definition) is 1. The number of ether oxygens (including phenoxy) is 1. The molecule has 2 heterocycles. The van der Waals surface area contributed by atoms with E-state index in [4.69, 9.17) is 9.15 Å². The third-order valence-electron chi connectivity index (χ3n) is 3.99. The third kappa shape index (κ3) is 3.48. The fourth-order valence-electron chi connectivity index (χ4n) is 2.63. The Morgan fingerprint density at radius 3 is 2.50 bits per heavy atom. The van der Waals surface area contributed by atoms with Gasteiger partial charge in [-0.1, -0.05) is 0 Å². The van der Waals surface area contributed by atoms with E-state index < -0.39 is 0 Å². The van der Waals surface area contributed by atoms with Gasteiger partial charge in [-0.15, -0.1) is 5.10 Å². The fraction of sp³-hybridized carbons (Fsp3) is 0.0500. The zero-order valence-corrected chi connectivity index (χ0v) is 14.8. The van der Waals surface area contributed by atoms with Crippen molar-refractivity contribution in [3.63, 3.8) is 0 Å². The predicted octanol–water partition coefficient (Wildman–Crippen LogP) is 3.93. The quantitative estimate of drug-likeness (QED) is 0.569. The lowest BCUT2D eigenvalue weighted by atomic mass is 10.2. The molecule has 0 aliphatic rings. The van der Waals surface area contributed by atoms with Crippen LogP contribution in [0.5, 0.6) is 6.01 Å². The maximum atomic E-state index is 13.2. The van der Waals surface area contributed by atoms with Gasteiger partial charge in [-0.05, 0) is 60.7 Å². The van der Waals surface area contributed by atoms with Crippen LogP contribution in [-0.4, -0.2) is 27.8 Å². The number of anilines is 1. The highest BCUT2D eigenvalue weighted by Gasteiger charge is 2.15. The molecule has 0 atom stereocenters. The standard InChI is InChI=1S/C20H15FN4O3/c1-27-20-23-18(13-4-6-14(21)7-5-13)25(24-20)16-10-8-15(9-11-16)22-19(26)17-3-2-12-28-17/h2-12H,1H3,(H,22,26). The number of aromatic nitrogens is 3. The number of carbonyl (C=O) groups is 1. The van der Waals surface area contributed by atoms with Gasteiger partial charge in [0.15, 0.2) is 11.6 Å².